The molecule has 0 aliphatic heterocycles. The van der Waals surface area contributed by atoms with Crippen molar-refractivity contribution in [3.63, 3.8) is 0 Å². The molecule has 1 atom stereocenters. The molecule has 1 rings (SSSR count). The van der Waals surface area contributed by atoms with E-state index in [4.69, 9.17) is 5.73 Å². The molecule has 15 heavy (non-hydrogen) atoms. The van der Waals surface area contributed by atoms with Crippen LogP contribution in [0, 0.1) is 0 Å². The van der Waals surface area contributed by atoms with Gasteiger partial charge in [-0.25, -0.2) is 9.78 Å². The predicted molar refractivity (Wildman–Crippen MR) is 56.3 cm³/mol. The van der Waals surface area contributed by atoms with Crippen LogP contribution in [0.15, 0.2) is 0 Å². The summed E-state index contributed by atoms with van der Waals surface area (Å²) in [5.41, 5.74) is 7.67. The summed E-state index contributed by atoms with van der Waals surface area (Å²) >= 11 is 0. The third kappa shape index (κ3) is 2.36. The van der Waals surface area contributed by atoms with Gasteiger partial charge in [-0.1, -0.05) is 13.8 Å². The normalized spacial score (nSPS) is 12.5. The van der Waals surface area contributed by atoms with Gasteiger partial charge in [0, 0.05) is 5.69 Å². The number of hydrogen-bond donors (Lipinski definition) is 2. The second-order valence-corrected chi connectivity index (χ2v) is 3.26. The molecule has 0 bridgehead atoms. The van der Waals surface area contributed by atoms with Crippen molar-refractivity contribution in [2.45, 2.75) is 32.7 Å². The molecule has 3 N–H and O–H groups in total. The van der Waals surface area contributed by atoms with Crippen molar-refractivity contribution in [3.05, 3.63) is 17.2 Å². The van der Waals surface area contributed by atoms with Crippen LogP contribution in [0.1, 0.15) is 37.1 Å². The minimum atomic E-state index is -0.819. The number of methoxy groups -OCH3 is 1. The molecule has 0 radical (unpaired) electrons. The van der Waals surface area contributed by atoms with E-state index in [0.29, 0.717) is 5.82 Å². The van der Waals surface area contributed by atoms with Gasteiger partial charge in [-0.2, -0.15) is 0 Å². The Morgan fingerprint density at radius 1 is 1.53 bits per heavy atom. The van der Waals surface area contributed by atoms with E-state index in [1.54, 1.807) is 0 Å². The summed E-state index contributed by atoms with van der Waals surface area (Å²) in [7, 11) is 1.31. The molecule has 1 heterocycles. The number of aromatic nitrogens is 2. The van der Waals surface area contributed by atoms with Gasteiger partial charge in [0.05, 0.1) is 12.8 Å². The molecule has 0 aromatic carbocycles. The van der Waals surface area contributed by atoms with Gasteiger partial charge in [-0.15, -0.1) is 0 Å². The Bertz CT molecular complexity index is 325. The summed E-state index contributed by atoms with van der Waals surface area (Å²) in [4.78, 5) is 18.5. The fourth-order valence-corrected chi connectivity index (χ4v) is 1.44. The van der Waals surface area contributed by atoms with E-state index in [9.17, 15) is 4.79 Å². The van der Waals surface area contributed by atoms with E-state index >= 15 is 0 Å². The van der Waals surface area contributed by atoms with E-state index in [2.05, 4.69) is 14.7 Å². The van der Waals surface area contributed by atoms with Crippen LogP contribution in [0.5, 0.6) is 0 Å². The number of aryl methyl sites for hydroxylation is 2. The fraction of sp³-hybridized carbons (Fsp3) is 0.600. The second-order valence-electron chi connectivity index (χ2n) is 3.26. The van der Waals surface area contributed by atoms with Gasteiger partial charge in [-0.3, -0.25) is 0 Å². The highest BCUT2D eigenvalue weighted by molar-refractivity contribution is 5.76. The number of carbonyl (C=O) groups excluding carboxylic acids is 1. The lowest BCUT2D eigenvalue weighted by molar-refractivity contribution is -0.142. The summed E-state index contributed by atoms with van der Waals surface area (Å²) < 4.78 is 4.56. The maximum atomic E-state index is 11.2. The Hall–Kier alpha value is -1.36. The first-order valence-corrected chi connectivity index (χ1v) is 5.05. The van der Waals surface area contributed by atoms with Gasteiger partial charge in [0.15, 0.2) is 6.04 Å². The molecular formula is C10H17N3O2. The van der Waals surface area contributed by atoms with Crippen LogP contribution in [-0.2, 0) is 22.4 Å². The largest absolute Gasteiger partial charge is 0.468 e. The summed E-state index contributed by atoms with van der Waals surface area (Å²) in [5, 5.41) is 0. The molecular weight excluding hydrogens is 194 g/mol. The maximum Gasteiger partial charge on any atom is 0.330 e. The molecule has 0 aliphatic rings. The fourth-order valence-electron chi connectivity index (χ4n) is 1.44. The lowest BCUT2D eigenvalue weighted by Gasteiger charge is -2.04. The number of ether oxygens (including phenoxy) is 1. The average molecular weight is 211 g/mol. The van der Waals surface area contributed by atoms with Crippen LogP contribution in [-0.4, -0.2) is 23.0 Å². The molecule has 0 saturated heterocycles. The first-order valence-electron chi connectivity index (χ1n) is 5.05. The SMILES string of the molecule is CCc1nc(C(N)C(=O)OC)[nH]c1CC. The highest BCUT2D eigenvalue weighted by Crippen LogP contribution is 2.13. The minimum absolute atomic E-state index is 0.478. The molecule has 0 aliphatic carbocycles. The molecule has 0 fully saturated rings. The quantitative estimate of drug-likeness (QED) is 0.718. The number of hydrogen-bond acceptors (Lipinski definition) is 4. The van der Waals surface area contributed by atoms with Crippen LogP contribution in [0.4, 0.5) is 0 Å². The summed E-state index contributed by atoms with van der Waals surface area (Å²) in [6.07, 6.45) is 1.68. The number of H-pyrrole nitrogens is 1. The third-order valence-electron chi connectivity index (χ3n) is 2.32. The highest BCUT2D eigenvalue weighted by Gasteiger charge is 2.20. The van der Waals surface area contributed by atoms with Crippen molar-refractivity contribution in [1.29, 1.82) is 0 Å². The number of imidazole rings is 1. The van der Waals surface area contributed by atoms with Gasteiger partial charge < -0.3 is 15.5 Å². The first kappa shape index (κ1) is 11.7. The van der Waals surface area contributed by atoms with E-state index in [1.807, 2.05) is 13.8 Å². The van der Waals surface area contributed by atoms with Gasteiger partial charge >= 0.3 is 5.97 Å². The van der Waals surface area contributed by atoms with Gasteiger partial charge in [0.25, 0.3) is 0 Å². The molecule has 1 aromatic rings. The topological polar surface area (TPSA) is 81.0 Å². The average Bonchev–Trinajstić information content (AvgIpc) is 2.69. The van der Waals surface area contributed by atoms with Crippen molar-refractivity contribution < 1.29 is 9.53 Å². The number of nitrogens with one attached hydrogen (secondary N) is 1. The van der Waals surface area contributed by atoms with Gasteiger partial charge in [0.1, 0.15) is 5.82 Å². The summed E-state index contributed by atoms with van der Waals surface area (Å²) in [5.74, 6) is 0.00426. The van der Waals surface area contributed by atoms with E-state index in [-0.39, 0.29) is 0 Å². The Labute approximate surface area is 89.0 Å². The standard InChI is InChI=1S/C10H17N3O2/c1-4-6-7(5-2)13-9(12-6)8(11)10(14)15-3/h8H,4-5,11H2,1-3H3,(H,12,13). The highest BCUT2D eigenvalue weighted by atomic mass is 16.5. The molecule has 1 unspecified atom stereocenters. The Kier molecular flexibility index (Phi) is 3.85. The second kappa shape index (κ2) is 4.93. The number of carbonyl (C=O) groups is 1. The molecule has 5 heteroatoms. The molecule has 0 amide bonds. The number of aromatic amines is 1. The predicted octanol–water partition coefficient (Wildman–Crippen LogP) is 0.707. The van der Waals surface area contributed by atoms with Crippen LogP contribution in [0.25, 0.3) is 0 Å². The van der Waals surface area contributed by atoms with E-state index < -0.39 is 12.0 Å². The van der Waals surface area contributed by atoms with E-state index in [0.717, 1.165) is 24.2 Å². The van der Waals surface area contributed by atoms with Crippen LogP contribution >= 0.6 is 0 Å². The van der Waals surface area contributed by atoms with Crippen molar-refractivity contribution in [1.82, 2.24) is 9.97 Å². The summed E-state index contributed by atoms with van der Waals surface area (Å²) in [6, 6.07) is -0.819. The number of rotatable bonds is 4. The smallest absolute Gasteiger partial charge is 0.330 e. The van der Waals surface area contributed by atoms with Crippen molar-refractivity contribution in [2.75, 3.05) is 7.11 Å². The van der Waals surface area contributed by atoms with Crippen molar-refractivity contribution in [2.24, 2.45) is 5.73 Å². The van der Waals surface area contributed by atoms with Crippen LogP contribution < -0.4 is 5.73 Å². The number of esters is 1. The monoisotopic (exact) mass is 211 g/mol. The lowest BCUT2D eigenvalue weighted by Crippen LogP contribution is -2.23. The van der Waals surface area contributed by atoms with Gasteiger partial charge in [0.2, 0.25) is 0 Å². The van der Waals surface area contributed by atoms with Crippen molar-refractivity contribution >= 4 is 5.97 Å². The maximum absolute atomic E-state index is 11.2. The Morgan fingerprint density at radius 3 is 2.60 bits per heavy atom. The van der Waals surface area contributed by atoms with Crippen LogP contribution in [0.2, 0.25) is 0 Å². The number of nitrogens with two attached hydrogens (primary N) is 1. The zero-order chi connectivity index (χ0) is 11.4. The Balaban J connectivity index is 2.95. The summed E-state index contributed by atoms with van der Waals surface area (Å²) in [6.45, 7) is 4.04. The van der Waals surface area contributed by atoms with Crippen molar-refractivity contribution in [3.8, 4) is 0 Å². The zero-order valence-corrected chi connectivity index (χ0v) is 9.33. The molecule has 5 nitrogen and oxygen atoms in total. The lowest BCUT2D eigenvalue weighted by atomic mass is 10.2. The molecule has 84 valence electrons. The molecule has 0 spiro atoms. The Morgan fingerprint density at radius 2 is 2.20 bits per heavy atom. The van der Waals surface area contributed by atoms with E-state index in [1.165, 1.54) is 7.11 Å². The molecule has 0 saturated carbocycles. The van der Waals surface area contributed by atoms with Crippen LogP contribution in [0.3, 0.4) is 0 Å². The minimum Gasteiger partial charge on any atom is -0.468 e. The first-order chi connectivity index (χ1) is 7.13. The third-order valence-corrected chi connectivity index (χ3v) is 2.32. The van der Waals surface area contributed by atoms with Gasteiger partial charge in [-0.05, 0) is 12.8 Å². The molecule has 1 aromatic heterocycles. The zero-order valence-electron chi connectivity index (χ0n) is 9.33. The number of nitrogens with zero attached hydrogens (tertiary/aromatic N) is 1.